The lowest BCUT2D eigenvalue weighted by molar-refractivity contribution is 0.0630. The van der Waals surface area contributed by atoms with E-state index in [1.807, 2.05) is 11.4 Å². The van der Waals surface area contributed by atoms with Crippen molar-refractivity contribution in [1.29, 1.82) is 0 Å². The second-order valence-electron chi connectivity index (χ2n) is 5.24. The Morgan fingerprint density at radius 1 is 1.42 bits per heavy atom. The molecule has 108 valence electrons. The Kier molecular flexibility index (Phi) is 5.26. The minimum Gasteiger partial charge on any atom is -0.296 e. The van der Waals surface area contributed by atoms with Gasteiger partial charge in [-0.25, -0.2) is 0 Å². The standard InChI is InChI=1S/C14H24ClN3S/c1-3-14(4-2,18-8-5-6-9-18)13(17-16)12-11(15)7-10-19-12/h7,10,13,17H,3-6,8-9,16H2,1-2H3. The first kappa shape index (κ1) is 15.3. The second kappa shape index (κ2) is 6.55. The fraction of sp³-hybridized carbons (Fsp3) is 0.714. The average Bonchev–Trinajstić information content (AvgIpc) is 3.08. The van der Waals surface area contributed by atoms with Crippen molar-refractivity contribution in [3.8, 4) is 0 Å². The Labute approximate surface area is 125 Å². The number of nitrogens with zero attached hydrogens (tertiary/aromatic N) is 1. The molecule has 0 aromatic carbocycles. The molecule has 2 rings (SSSR count). The van der Waals surface area contributed by atoms with Crippen LogP contribution in [-0.4, -0.2) is 23.5 Å². The third-order valence-electron chi connectivity index (χ3n) is 4.57. The summed E-state index contributed by atoms with van der Waals surface area (Å²) in [4.78, 5) is 3.77. The molecule has 0 amide bonds. The second-order valence-corrected chi connectivity index (χ2v) is 6.59. The number of hydrogen-bond donors (Lipinski definition) is 2. The number of hydrazine groups is 1. The van der Waals surface area contributed by atoms with Crippen LogP contribution in [0.3, 0.4) is 0 Å². The number of likely N-dealkylation sites (tertiary alicyclic amines) is 1. The van der Waals surface area contributed by atoms with Crippen LogP contribution in [0.1, 0.15) is 50.4 Å². The van der Waals surface area contributed by atoms with E-state index in [1.54, 1.807) is 11.3 Å². The number of halogens is 1. The lowest BCUT2D eigenvalue weighted by atomic mass is 9.82. The quantitative estimate of drug-likeness (QED) is 0.623. The summed E-state index contributed by atoms with van der Waals surface area (Å²) in [6.45, 7) is 6.85. The Hall–Kier alpha value is -0.130. The summed E-state index contributed by atoms with van der Waals surface area (Å²) in [5.41, 5.74) is 3.12. The molecule has 1 aliphatic heterocycles. The van der Waals surface area contributed by atoms with E-state index in [1.165, 1.54) is 30.8 Å². The van der Waals surface area contributed by atoms with Crippen molar-refractivity contribution in [2.75, 3.05) is 13.1 Å². The van der Waals surface area contributed by atoms with Gasteiger partial charge in [-0.3, -0.25) is 16.2 Å². The fourth-order valence-electron chi connectivity index (χ4n) is 3.44. The van der Waals surface area contributed by atoms with E-state index in [-0.39, 0.29) is 11.6 Å². The number of nitrogens with one attached hydrogen (secondary N) is 1. The van der Waals surface area contributed by atoms with Gasteiger partial charge in [0.15, 0.2) is 0 Å². The van der Waals surface area contributed by atoms with Gasteiger partial charge in [-0.05, 0) is 50.2 Å². The number of rotatable bonds is 6. The fourth-order valence-corrected chi connectivity index (χ4v) is 4.77. The lowest BCUT2D eigenvalue weighted by Crippen LogP contribution is -2.56. The molecular formula is C14H24ClN3S. The Bertz CT molecular complexity index is 397. The smallest absolute Gasteiger partial charge is 0.0751 e. The van der Waals surface area contributed by atoms with Gasteiger partial charge in [-0.1, -0.05) is 25.4 Å². The van der Waals surface area contributed by atoms with Crippen molar-refractivity contribution < 1.29 is 0 Å². The van der Waals surface area contributed by atoms with E-state index >= 15 is 0 Å². The van der Waals surface area contributed by atoms with E-state index in [0.29, 0.717) is 0 Å². The first-order chi connectivity index (χ1) is 9.19. The van der Waals surface area contributed by atoms with Crippen LogP contribution in [0.2, 0.25) is 5.02 Å². The Balaban J connectivity index is 2.37. The zero-order chi connectivity index (χ0) is 13.9. The molecule has 0 radical (unpaired) electrons. The Morgan fingerprint density at radius 2 is 2.05 bits per heavy atom. The van der Waals surface area contributed by atoms with Gasteiger partial charge < -0.3 is 0 Å². The van der Waals surface area contributed by atoms with Crippen LogP contribution in [-0.2, 0) is 0 Å². The Morgan fingerprint density at radius 3 is 2.47 bits per heavy atom. The van der Waals surface area contributed by atoms with Gasteiger partial charge >= 0.3 is 0 Å². The number of nitrogens with two attached hydrogens (primary N) is 1. The van der Waals surface area contributed by atoms with Crippen LogP contribution < -0.4 is 11.3 Å². The maximum Gasteiger partial charge on any atom is 0.0751 e. The number of hydrogen-bond acceptors (Lipinski definition) is 4. The predicted molar refractivity (Wildman–Crippen MR) is 83.5 cm³/mol. The molecule has 1 unspecified atom stereocenters. The molecule has 0 aliphatic carbocycles. The van der Waals surface area contributed by atoms with Crippen LogP contribution in [0.25, 0.3) is 0 Å². The van der Waals surface area contributed by atoms with E-state index in [2.05, 4.69) is 24.2 Å². The zero-order valence-electron chi connectivity index (χ0n) is 11.8. The van der Waals surface area contributed by atoms with Crippen LogP contribution in [0, 0.1) is 0 Å². The molecule has 0 saturated carbocycles. The van der Waals surface area contributed by atoms with Crippen molar-refractivity contribution >= 4 is 22.9 Å². The van der Waals surface area contributed by atoms with Gasteiger partial charge in [0.1, 0.15) is 0 Å². The predicted octanol–water partition coefficient (Wildman–Crippen LogP) is 3.56. The third kappa shape index (κ3) is 2.69. The normalized spacial score (nSPS) is 18.9. The highest BCUT2D eigenvalue weighted by atomic mass is 35.5. The molecule has 3 N–H and O–H groups in total. The van der Waals surface area contributed by atoms with Crippen molar-refractivity contribution in [3.05, 3.63) is 21.3 Å². The first-order valence-electron chi connectivity index (χ1n) is 7.13. The van der Waals surface area contributed by atoms with Crippen LogP contribution in [0.4, 0.5) is 0 Å². The maximum absolute atomic E-state index is 6.34. The van der Waals surface area contributed by atoms with E-state index in [9.17, 15) is 0 Å². The van der Waals surface area contributed by atoms with Crippen molar-refractivity contribution in [2.24, 2.45) is 5.84 Å². The highest BCUT2D eigenvalue weighted by molar-refractivity contribution is 7.10. The summed E-state index contributed by atoms with van der Waals surface area (Å²) < 4.78 is 0. The first-order valence-corrected chi connectivity index (χ1v) is 8.39. The maximum atomic E-state index is 6.34. The molecule has 0 bridgehead atoms. The largest absolute Gasteiger partial charge is 0.296 e. The van der Waals surface area contributed by atoms with E-state index in [4.69, 9.17) is 17.4 Å². The molecule has 1 fully saturated rings. The van der Waals surface area contributed by atoms with Crippen molar-refractivity contribution in [3.63, 3.8) is 0 Å². The molecule has 1 saturated heterocycles. The van der Waals surface area contributed by atoms with Crippen molar-refractivity contribution in [2.45, 2.75) is 51.1 Å². The summed E-state index contributed by atoms with van der Waals surface area (Å²) in [5, 5.41) is 2.88. The molecule has 3 nitrogen and oxygen atoms in total. The summed E-state index contributed by atoms with van der Waals surface area (Å²) in [6.07, 6.45) is 4.73. The van der Waals surface area contributed by atoms with Gasteiger partial charge in [-0.2, -0.15) is 0 Å². The van der Waals surface area contributed by atoms with Crippen LogP contribution in [0.15, 0.2) is 11.4 Å². The number of thiophene rings is 1. The molecule has 1 aromatic rings. The molecule has 5 heteroatoms. The molecule has 0 spiro atoms. The van der Waals surface area contributed by atoms with Crippen molar-refractivity contribution in [1.82, 2.24) is 10.3 Å². The van der Waals surface area contributed by atoms with Gasteiger partial charge in [0.2, 0.25) is 0 Å². The average molecular weight is 302 g/mol. The van der Waals surface area contributed by atoms with E-state index in [0.717, 1.165) is 17.9 Å². The lowest BCUT2D eigenvalue weighted by Gasteiger charge is -2.46. The minimum absolute atomic E-state index is 0.0692. The van der Waals surface area contributed by atoms with Gasteiger partial charge in [-0.15, -0.1) is 11.3 Å². The molecule has 19 heavy (non-hydrogen) atoms. The van der Waals surface area contributed by atoms with Gasteiger partial charge in [0.05, 0.1) is 11.1 Å². The summed E-state index contributed by atoms with van der Waals surface area (Å²) >= 11 is 8.03. The van der Waals surface area contributed by atoms with Crippen LogP contribution in [0.5, 0.6) is 0 Å². The molecular weight excluding hydrogens is 278 g/mol. The third-order valence-corrected chi connectivity index (χ3v) is 5.99. The molecule has 2 heterocycles. The van der Waals surface area contributed by atoms with Crippen LogP contribution >= 0.6 is 22.9 Å². The van der Waals surface area contributed by atoms with Gasteiger partial charge in [0, 0.05) is 10.4 Å². The topological polar surface area (TPSA) is 41.3 Å². The summed E-state index contributed by atoms with van der Waals surface area (Å²) in [5.74, 6) is 5.91. The molecule has 1 aromatic heterocycles. The highest BCUT2D eigenvalue weighted by Crippen LogP contribution is 2.42. The monoisotopic (exact) mass is 301 g/mol. The minimum atomic E-state index is 0.0692. The summed E-state index contributed by atoms with van der Waals surface area (Å²) in [7, 11) is 0. The zero-order valence-corrected chi connectivity index (χ0v) is 13.4. The van der Waals surface area contributed by atoms with Gasteiger partial charge in [0.25, 0.3) is 0 Å². The molecule has 1 atom stereocenters. The van der Waals surface area contributed by atoms with E-state index < -0.39 is 0 Å². The molecule has 1 aliphatic rings. The SMILES string of the molecule is CCC(CC)(C(NN)c1sccc1Cl)N1CCCC1. The highest BCUT2D eigenvalue weighted by Gasteiger charge is 2.43. The summed E-state index contributed by atoms with van der Waals surface area (Å²) in [6, 6.07) is 2.07.